The summed E-state index contributed by atoms with van der Waals surface area (Å²) in [5, 5.41) is 3.15. The van der Waals surface area contributed by atoms with E-state index in [1.165, 1.54) is 6.07 Å². The molecule has 0 radical (unpaired) electrons. The van der Waals surface area contributed by atoms with Crippen molar-refractivity contribution in [3.8, 4) is 5.75 Å². The van der Waals surface area contributed by atoms with Crippen molar-refractivity contribution in [2.45, 2.75) is 19.9 Å². The molecule has 0 aliphatic heterocycles. The van der Waals surface area contributed by atoms with Gasteiger partial charge in [-0.3, -0.25) is 0 Å². The first kappa shape index (κ1) is 15.6. The summed E-state index contributed by atoms with van der Waals surface area (Å²) in [6.07, 6.45) is 0.917. The van der Waals surface area contributed by atoms with E-state index in [9.17, 15) is 4.39 Å². The molecule has 0 bridgehead atoms. The van der Waals surface area contributed by atoms with Crippen molar-refractivity contribution in [2.75, 3.05) is 17.7 Å². The third kappa shape index (κ3) is 4.11. The highest BCUT2D eigenvalue weighted by molar-refractivity contribution is 9.10. The van der Waals surface area contributed by atoms with Crippen LogP contribution in [0.2, 0.25) is 0 Å². The Morgan fingerprint density at radius 2 is 2.10 bits per heavy atom. The zero-order valence-corrected chi connectivity index (χ0v) is 13.4. The molecule has 0 aromatic heterocycles. The highest BCUT2D eigenvalue weighted by Gasteiger charge is 2.07. The summed E-state index contributed by atoms with van der Waals surface area (Å²) in [4.78, 5) is 0. The molecule has 0 fully saturated rings. The monoisotopic (exact) mass is 352 g/mol. The lowest BCUT2D eigenvalue weighted by atomic mass is 10.2. The van der Waals surface area contributed by atoms with Gasteiger partial charge >= 0.3 is 0 Å². The molecule has 2 rings (SSSR count). The van der Waals surface area contributed by atoms with Gasteiger partial charge < -0.3 is 15.8 Å². The summed E-state index contributed by atoms with van der Waals surface area (Å²) >= 11 is 3.34. The summed E-state index contributed by atoms with van der Waals surface area (Å²) in [6.45, 7) is 3.01. The summed E-state index contributed by atoms with van der Waals surface area (Å²) in [5.41, 5.74) is 7.92. The van der Waals surface area contributed by atoms with Gasteiger partial charge in [0.1, 0.15) is 11.6 Å². The van der Waals surface area contributed by atoms with Crippen LogP contribution in [0.25, 0.3) is 0 Å². The third-order valence-electron chi connectivity index (χ3n) is 3.00. The van der Waals surface area contributed by atoms with E-state index in [1.54, 1.807) is 12.1 Å². The highest BCUT2D eigenvalue weighted by atomic mass is 79.9. The number of benzene rings is 2. The maximum absolute atomic E-state index is 13.7. The van der Waals surface area contributed by atoms with E-state index in [0.29, 0.717) is 30.2 Å². The van der Waals surface area contributed by atoms with Crippen molar-refractivity contribution < 1.29 is 9.13 Å². The Morgan fingerprint density at radius 3 is 2.86 bits per heavy atom. The molecule has 0 saturated heterocycles. The Labute approximate surface area is 132 Å². The number of ether oxygens (including phenoxy) is 1. The van der Waals surface area contributed by atoms with Crippen LogP contribution in [-0.2, 0) is 6.54 Å². The topological polar surface area (TPSA) is 47.3 Å². The molecule has 3 N–H and O–H groups in total. The van der Waals surface area contributed by atoms with Crippen molar-refractivity contribution in [2.24, 2.45) is 0 Å². The number of nitrogens with one attached hydrogen (secondary N) is 1. The van der Waals surface area contributed by atoms with Crippen LogP contribution in [0, 0.1) is 5.82 Å². The Hall–Kier alpha value is -1.75. The molecular formula is C16H18BrFN2O. The molecule has 0 saturated carbocycles. The maximum atomic E-state index is 13.7. The summed E-state index contributed by atoms with van der Waals surface area (Å²) in [7, 11) is 0. The van der Waals surface area contributed by atoms with E-state index in [4.69, 9.17) is 10.5 Å². The fourth-order valence-electron chi connectivity index (χ4n) is 1.91. The predicted octanol–water partition coefficient (Wildman–Crippen LogP) is 4.57. The van der Waals surface area contributed by atoms with Gasteiger partial charge in [0.2, 0.25) is 0 Å². The molecule has 0 aliphatic rings. The van der Waals surface area contributed by atoms with Gasteiger partial charge in [-0.05, 0) is 36.8 Å². The molecule has 112 valence electrons. The number of hydrogen-bond acceptors (Lipinski definition) is 3. The van der Waals surface area contributed by atoms with Crippen molar-refractivity contribution in [3.63, 3.8) is 0 Å². The van der Waals surface area contributed by atoms with E-state index in [-0.39, 0.29) is 5.82 Å². The van der Waals surface area contributed by atoms with Crippen molar-refractivity contribution >= 4 is 27.3 Å². The van der Waals surface area contributed by atoms with Gasteiger partial charge in [-0.2, -0.15) is 0 Å². The fourth-order valence-corrected chi connectivity index (χ4v) is 2.31. The number of nitrogen functional groups attached to an aromatic ring is 1. The maximum Gasteiger partial charge on any atom is 0.144 e. The van der Waals surface area contributed by atoms with E-state index in [0.717, 1.165) is 16.6 Å². The van der Waals surface area contributed by atoms with Gasteiger partial charge in [0.05, 0.1) is 18.0 Å². The van der Waals surface area contributed by atoms with E-state index in [2.05, 4.69) is 21.2 Å². The summed E-state index contributed by atoms with van der Waals surface area (Å²) in [6, 6.07) is 10.4. The van der Waals surface area contributed by atoms with Gasteiger partial charge in [-0.1, -0.05) is 28.9 Å². The fraction of sp³-hybridized carbons (Fsp3) is 0.250. The zero-order chi connectivity index (χ0) is 15.2. The second-order valence-electron chi connectivity index (χ2n) is 4.66. The van der Waals surface area contributed by atoms with Crippen LogP contribution in [0.4, 0.5) is 15.8 Å². The summed E-state index contributed by atoms with van der Waals surface area (Å²) in [5.74, 6) is 0.402. The first-order valence-corrected chi connectivity index (χ1v) is 7.60. The first-order chi connectivity index (χ1) is 10.1. The molecule has 0 spiro atoms. The largest absolute Gasteiger partial charge is 0.491 e. The quantitative estimate of drug-likeness (QED) is 0.748. The Balaban J connectivity index is 2.11. The van der Waals surface area contributed by atoms with E-state index < -0.39 is 0 Å². The Morgan fingerprint density at radius 1 is 1.29 bits per heavy atom. The van der Waals surface area contributed by atoms with Crippen LogP contribution in [0.15, 0.2) is 40.9 Å². The van der Waals surface area contributed by atoms with Gasteiger partial charge in [-0.25, -0.2) is 4.39 Å². The van der Waals surface area contributed by atoms with Crippen LogP contribution in [-0.4, -0.2) is 6.61 Å². The lowest BCUT2D eigenvalue weighted by Gasteiger charge is -2.14. The summed E-state index contributed by atoms with van der Waals surface area (Å²) < 4.78 is 20.1. The lowest BCUT2D eigenvalue weighted by Crippen LogP contribution is -2.06. The van der Waals surface area contributed by atoms with E-state index in [1.807, 2.05) is 25.1 Å². The standard InChI is InChI=1S/C16H18BrFN2O/c1-2-8-21-15-5-3-4-14(16(15)19)20-10-11-9-12(17)6-7-13(11)18/h3-7,9,20H,2,8,10,19H2,1H3. The minimum absolute atomic E-state index is 0.248. The van der Waals surface area contributed by atoms with Crippen molar-refractivity contribution in [1.29, 1.82) is 0 Å². The molecule has 0 heterocycles. The molecule has 2 aromatic rings. The van der Waals surface area contributed by atoms with E-state index >= 15 is 0 Å². The number of nitrogens with two attached hydrogens (primary N) is 1. The zero-order valence-electron chi connectivity index (χ0n) is 11.8. The second-order valence-corrected chi connectivity index (χ2v) is 5.57. The molecule has 21 heavy (non-hydrogen) atoms. The average Bonchev–Trinajstić information content (AvgIpc) is 2.48. The van der Waals surface area contributed by atoms with Crippen molar-refractivity contribution in [3.05, 3.63) is 52.3 Å². The average molecular weight is 353 g/mol. The first-order valence-electron chi connectivity index (χ1n) is 6.81. The smallest absolute Gasteiger partial charge is 0.144 e. The molecule has 5 heteroatoms. The Kier molecular flexibility index (Phi) is 5.44. The number of hydrogen-bond donors (Lipinski definition) is 2. The van der Waals surface area contributed by atoms with Gasteiger partial charge in [0.15, 0.2) is 0 Å². The number of halogens is 2. The SMILES string of the molecule is CCCOc1cccc(NCc2cc(Br)ccc2F)c1N. The number of anilines is 2. The Bertz CT molecular complexity index is 619. The van der Waals surface area contributed by atoms with Crippen LogP contribution in [0.5, 0.6) is 5.75 Å². The highest BCUT2D eigenvalue weighted by Crippen LogP contribution is 2.30. The van der Waals surface area contributed by atoms with Crippen LogP contribution >= 0.6 is 15.9 Å². The lowest BCUT2D eigenvalue weighted by molar-refractivity contribution is 0.319. The molecule has 3 nitrogen and oxygen atoms in total. The minimum atomic E-state index is -0.248. The van der Waals surface area contributed by atoms with Gasteiger partial charge in [0.25, 0.3) is 0 Å². The normalized spacial score (nSPS) is 10.4. The second kappa shape index (κ2) is 7.31. The molecule has 0 unspecified atom stereocenters. The van der Waals surface area contributed by atoms with Crippen molar-refractivity contribution in [1.82, 2.24) is 0 Å². The molecular weight excluding hydrogens is 335 g/mol. The number of rotatable bonds is 6. The van der Waals surface area contributed by atoms with Crippen LogP contribution < -0.4 is 15.8 Å². The van der Waals surface area contributed by atoms with Crippen LogP contribution in [0.3, 0.4) is 0 Å². The molecule has 0 aliphatic carbocycles. The van der Waals surface area contributed by atoms with Gasteiger partial charge in [0, 0.05) is 16.6 Å². The van der Waals surface area contributed by atoms with Crippen LogP contribution in [0.1, 0.15) is 18.9 Å². The third-order valence-corrected chi connectivity index (χ3v) is 3.50. The predicted molar refractivity (Wildman–Crippen MR) is 88.1 cm³/mol. The minimum Gasteiger partial charge on any atom is -0.491 e. The molecule has 0 atom stereocenters. The van der Waals surface area contributed by atoms with Gasteiger partial charge in [-0.15, -0.1) is 0 Å². The number of para-hydroxylation sites is 1. The molecule has 2 aromatic carbocycles. The molecule has 0 amide bonds.